The number of benzene rings is 1. The van der Waals surface area contributed by atoms with Crippen LogP contribution in [0.2, 0.25) is 0 Å². The van der Waals surface area contributed by atoms with Crippen molar-refractivity contribution in [1.82, 2.24) is 5.32 Å². The molecule has 1 aliphatic rings. The molecule has 2 rings (SSSR count). The van der Waals surface area contributed by atoms with E-state index in [0.29, 0.717) is 15.3 Å². The van der Waals surface area contributed by atoms with Gasteiger partial charge in [0.2, 0.25) is 0 Å². The predicted octanol–water partition coefficient (Wildman–Crippen LogP) is 3.17. The van der Waals surface area contributed by atoms with Crippen molar-refractivity contribution in [3.05, 3.63) is 28.2 Å². The molecular formula is C13H16BrNO2S. The summed E-state index contributed by atoms with van der Waals surface area (Å²) in [6.45, 7) is 0. The van der Waals surface area contributed by atoms with Crippen molar-refractivity contribution in [3.8, 4) is 5.75 Å². The van der Waals surface area contributed by atoms with Crippen LogP contribution in [-0.2, 0) is 0 Å². The van der Waals surface area contributed by atoms with Crippen LogP contribution in [0.25, 0.3) is 0 Å². The Balaban J connectivity index is 1.97. The fourth-order valence-electron chi connectivity index (χ4n) is 2.21. The number of halogens is 1. The van der Waals surface area contributed by atoms with E-state index < -0.39 is 0 Å². The van der Waals surface area contributed by atoms with Crippen LogP contribution < -0.4 is 5.32 Å². The molecular weight excluding hydrogens is 314 g/mol. The number of thioether (sulfide) groups is 1. The fourth-order valence-corrected chi connectivity index (χ4v) is 3.25. The van der Waals surface area contributed by atoms with Crippen molar-refractivity contribution in [2.45, 2.75) is 30.6 Å². The second kappa shape index (κ2) is 5.97. The number of carbonyl (C=O) groups is 1. The summed E-state index contributed by atoms with van der Waals surface area (Å²) in [7, 11) is 0. The molecule has 0 aromatic heterocycles. The molecule has 1 aromatic carbocycles. The molecule has 5 heteroatoms. The van der Waals surface area contributed by atoms with Crippen LogP contribution in [0.15, 0.2) is 22.7 Å². The smallest absolute Gasteiger partial charge is 0.251 e. The maximum atomic E-state index is 12.0. The van der Waals surface area contributed by atoms with Crippen LogP contribution in [0.4, 0.5) is 0 Å². The number of hydrogen-bond acceptors (Lipinski definition) is 3. The molecule has 1 amide bonds. The van der Waals surface area contributed by atoms with Gasteiger partial charge in [0, 0.05) is 16.9 Å². The van der Waals surface area contributed by atoms with Crippen molar-refractivity contribution in [1.29, 1.82) is 0 Å². The SMILES string of the molecule is CSC1CCC(NC(=O)c2ccc(Br)c(O)c2)C1. The first kappa shape index (κ1) is 13.7. The average Bonchev–Trinajstić information content (AvgIpc) is 2.80. The number of carbonyl (C=O) groups excluding carboxylic acids is 1. The van der Waals surface area contributed by atoms with Crippen molar-refractivity contribution in [2.75, 3.05) is 6.26 Å². The summed E-state index contributed by atoms with van der Waals surface area (Å²) < 4.78 is 0.599. The Morgan fingerprint density at radius 1 is 1.50 bits per heavy atom. The first-order chi connectivity index (χ1) is 8.60. The summed E-state index contributed by atoms with van der Waals surface area (Å²) in [5, 5.41) is 13.2. The lowest BCUT2D eigenvalue weighted by atomic mass is 10.1. The van der Waals surface area contributed by atoms with Gasteiger partial charge in [-0.05, 0) is 59.6 Å². The molecule has 0 aliphatic heterocycles. The number of amides is 1. The van der Waals surface area contributed by atoms with Gasteiger partial charge in [0.25, 0.3) is 5.91 Å². The Hall–Kier alpha value is -0.680. The zero-order chi connectivity index (χ0) is 13.1. The van der Waals surface area contributed by atoms with E-state index >= 15 is 0 Å². The maximum absolute atomic E-state index is 12.0. The van der Waals surface area contributed by atoms with Gasteiger partial charge in [0.1, 0.15) is 5.75 Å². The molecule has 1 aromatic rings. The minimum Gasteiger partial charge on any atom is -0.507 e. The lowest BCUT2D eigenvalue weighted by Crippen LogP contribution is -2.33. The summed E-state index contributed by atoms with van der Waals surface area (Å²) in [5.74, 6) is -0.0133. The molecule has 1 fully saturated rings. The maximum Gasteiger partial charge on any atom is 0.251 e. The highest BCUT2D eigenvalue weighted by molar-refractivity contribution is 9.10. The van der Waals surface area contributed by atoms with E-state index in [2.05, 4.69) is 27.5 Å². The Kier molecular flexibility index (Phi) is 4.56. The topological polar surface area (TPSA) is 49.3 Å². The average molecular weight is 330 g/mol. The van der Waals surface area contributed by atoms with Crippen molar-refractivity contribution in [2.24, 2.45) is 0 Å². The Bertz CT molecular complexity index is 453. The number of phenolic OH excluding ortho intramolecular Hbond substituents is 1. The molecule has 1 aliphatic carbocycles. The van der Waals surface area contributed by atoms with Crippen LogP contribution in [0.5, 0.6) is 5.75 Å². The van der Waals surface area contributed by atoms with Crippen LogP contribution in [0.3, 0.4) is 0 Å². The van der Waals surface area contributed by atoms with Crippen molar-refractivity contribution >= 4 is 33.6 Å². The molecule has 98 valence electrons. The van der Waals surface area contributed by atoms with Gasteiger partial charge in [-0.2, -0.15) is 11.8 Å². The van der Waals surface area contributed by atoms with E-state index in [0.717, 1.165) is 19.3 Å². The van der Waals surface area contributed by atoms with Gasteiger partial charge in [0.05, 0.1) is 4.47 Å². The zero-order valence-electron chi connectivity index (χ0n) is 10.1. The first-order valence-corrected chi connectivity index (χ1v) is 8.00. The molecule has 2 unspecified atom stereocenters. The second-order valence-corrected chi connectivity index (χ2v) is 6.50. The van der Waals surface area contributed by atoms with Gasteiger partial charge in [-0.3, -0.25) is 4.79 Å². The van der Waals surface area contributed by atoms with Gasteiger partial charge < -0.3 is 10.4 Å². The number of rotatable bonds is 3. The summed E-state index contributed by atoms with van der Waals surface area (Å²) in [4.78, 5) is 12.0. The van der Waals surface area contributed by atoms with Crippen molar-refractivity contribution < 1.29 is 9.90 Å². The van der Waals surface area contributed by atoms with Crippen LogP contribution >= 0.6 is 27.7 Å². The number of aromatic hydroxyl groups is 1. The molecule has 0 saturated heterocycles. The largest absolute Gasteiger partial charge is 0.507 e. The summed E-state index contributed by atoms with van der Waals surface area (Å²) in [6.07, 6.45) is 5.36. The molecule has 18 heavy (non-hydrogen) atoms. The van der Waals surface area contributed by atoms with E-state index in [1.807, 2.05) is 11.8 Å². The third kappa shape index (κ3) is 3.20. The highest BCUT2D eigenvalue weighted by atomic mass is 79.9. The minimum atomic E-state index is -0.107. The van der Waals surface area contributed by atoms with Gasteiger partial charge in [-0.15, -0.1) is 0 Å². The number of phenols is 1. The second-order valence-electron chi connectivity index (χ2n) is 4.51. The molecule has 2 atom stereocenters. The van der Waals surface area contributed by atoms with Gasteiger partial charge in [-0.25, -0.2) is 0 Å². The van der Waals surface area contributed by atoms with E-state index in [-0.39, 0.29) is 17.7 Å². The lowest BCUT2D eigenvalue weighted by molar-refractivity contribution is 0.0937. The molecule has 0 spiro atoms. The first-order valence-electron chi connectivity index (χ1n) is 5.92. The summed E-state index contributed by atoms with van der Waals surface area (Å²) >= 11 is 5.07. The molecule has 0 heterocycles. The number of hydrogen-bond donors (Lipinski definition) is 2. The van der Waals surface area contributed by atoms with E-state index in [4.69, 9.17) is 0 Å². The van der Waals surface area contributed by atoms with Gasteiger partial charge in [-0.1, -0.05) is 0 Å². The van der Waals surface area contributed by atoms with Crippen molar-refractivity contribution in [3.63, 3.8) is 0 Å². The third-order valence-electron chi connectivity index (χ3n) is 3.26. The zero-order valence-corrected chi connectivity index (χ0v) is 12.6. The molecule has 3 nitrogen and oxygen atoms in total. The van der Waals surface area contributed by atoms with Gasteiger partial charge >= 0.3 is 0 Å². The highest BCUT2D eigenvalue weighted by Crippen LogP contribution is 2.29. The Morgan fingerprint density at radius 2 is 2.28 bits per heavy atom. The molecule has 2 N–H and O–H groups in total. The quantitative estimate of drug-likeness (QED) is 0.895. The van der Waals surface area contributed by atoms with Crippen LogP contribution in [0, 0.1) is 0 Å². The molecule has 1 saturated carbocycles. The highest BCUT2D eigenvalue weighted by Gasteiger charge is 2.25. The van der Waals surface area contributed by atoms with E-state index in [1.54, 1.807) is 12.1 Å². The third-order valence-corrected chi connectivity index (χ3v) is 5.03. The lowest BCUT2D eigenvalue weighted by Gasteiger charge is -2.13. The normalized spacial score (nSPS) is 23.0. The minimum absolute atomic E-state index is 0.0936. The summed E-state index contributed by atoms with van der Waals surface area (Å²) in [6, 6.07) is 5.14. The van der Waals surface area contributed by atoms with E-state index in [1.165, 1.54) is 6.07 Å². The van der Waals surface area contributed by atoms with Crippen LogP contribution in [0.1, 0.15) is 29.6 Å². The van der Waals surface area contributed by atoms with Gasteiger partial charge in [0.15, 0.2) is 0 Å². The Labute approximate surface area is 119 Å². The molecule has 0 bridgehead atoms. The number of nitrogens with one attached hydrogen (secondary N) is 1. The molecule has 0 radical (unpaired) electrons. The monoisotopic (exact) mass is 329 g/mol. The standard InChI is InChI=1S/C13H16BrNO2S/c1-18-10-4-3-9(7-10)15-13(17)8-2-5-11(14)12(16)6-8/h2,5-6,9-10,16H,3-4,7H2,1H3,(H,15,17). The predicted molar refractivity (Wildman–Crippen MR) is 78.2 cm³/mol. The van der Waals surface area contributed by atoms with Crippen LogP contribution in [-0.4, -0.2) is 28.6 Å². The van der Waals surface area contributed by atoms with E-state index in [9.17, 15) is 9.90 Å². The summed E-state index contributed by atoms with van der Waals surface area (Å²) in [5.41, 5.74) is 0.503. The Morgan fingerprint density at radius 3 is 2.89 bits per heavy atom. The fraction of sp³-hybridized carbons (Fsp3) is 0.462.